The van der Waals surface area contributed by atoms with Crippen LogP contribution < -0.4 is 4.74 Å². The van der Waals surface area contributed by atoms with E-state index < -0.39 is 5.82 Å². The molecule has 0 aliphatic carbocycles. The minimum atomic E-state index is -0.446. The Morgan fingerprint density at radius 1 is 1.32 bits per heavy atom. The summed E-state index contributed by atoms with van der Waals surface area (Å²) in [6.45, 7) is 5.15. The molecule has 1 unspecified atom stereocenters. The first kappa shape index (κ1) is 16.3. The lowest BCUT2D eigenvalue weighted by molar-refractivity contribution is 0.192. The van der Waals surface area contributed by atoms with Crippen LogP contribution in [0.25, 0.3) is 16.9 Å². The Labute approximate surface area is 150 Å². The SMILES string of the molecule is CCN1CCC(Oc2ccc3ncc(-c4ccc(F)c(Cl)c4)n3n2)C1. The second-order valence-corrected chi connectivity index (χ2v) is 6.54. The Bertz CT molecular complexity index is 913. The monoisotopic (exact) mass is 360 g/mol. The van der Waals surface area contributed by atoms with Crippen LogP contribution in [0.4, 0.5) is 4.39 Å². The quantitative estimate of drug-likeness (QED) is 0.712. The van der Waals surface area contributed by atoms with Gasteiger partial charge in [-0.1, -0.05) is 18.5 Å². The lowest BCUT2D eigenvalue weighted by Crippen LogP contribution is -2.24. The Hall–Kier alpha value is -2.18. The van der Waals surface area contributed by atoms with E-state index in [-0.39, 0.29) is 11.1 Å². The van der Waals surface area contributed by atoms with Gasteiger partial charge in [-0.05, 0) is 37.2 Å². The summed E-state index contributed by atoms with van der Waals surface area (Å²) in [6.07, 6.45) is 2.85. The van der Waals surface area contributed by atoms with Crippen molar-refractivity contribution in [1.82, 2.24) is 19.5 Å². The van der Waals surface area contributed by atoms with Gasteiger partial charge in [-0.2, -0.15) is 0 Å². The van der Waals surface area contributed by atoms with Crippen LogP contribution in [0, 0.1) is 5.82 Å². The predicted molar refractivity (Wildman–Crippen MR) is 94.5 cm³/mol. The van der Waals surface area contributed by atoms with Gasteiger partial charge in [-0.3, -0.25) is 4.90 Å². The topological polar surface area (TPSA) is 42.7 Å². The first-order valence-electron chi connectivity index (χ1n) is 8.33. The molecule has 0 amide bonds. The number of fused-ring (bicyclic) bond motifs is 1. The van der Waals surface area contributed by atoms with Gasteiger partial charge in [0.05, 0.1) is 16.9 Å². The van der Waals surface area contributed by atoms with Gasteiger partial charge in [-0.15, -0.1) is 5.10 Å². The van der Waals surface area contributed by atoms with E-state index in [2.05, 4.69) is 21.9 Å². The molecule has 4 rings (SSSR count). The smallest absolute Gasteiger partial charge is 0.232 e. The van der Waals surface area contributed by atoms with Crippen LogP contribution in [0.5, 0.6) is 5.88 Å². The summed E-state index contributed by atoms with van der Waals surface area (Å²) in [7, 11) is 0. The summed E-state index contributed by atoms with van der Waals surface area (Å²) < 4.78 is 21.1. The van der Waals surface area contributed by atoms with Gasteiger partial charge < -0.3 is 4.74 Å². The predicted octanol–water partition coefficient (Wildman–Crippen LogP) is 3.66. The molecule has 5 nitrogen and oxygen atoms in total. The van der Waals surface area contributed by atoms with Crippen molar-refractivity contribution in [3.8, 4) is 17.1 Å². The highest BCUT2D eigenvalue weighted by Gasteiger charge is 2.23. The average molecular weight is 361 g/mol. The van der Waals surface area contributed by atoms with Gasteiger partial charge in [0, 0.05) is 24.7 Å². The number of benzene rings is 1. The molecule has 3 aromatic rings. The van der Waals surface area contributed by atoms with E-state index in [9.17, 15) is 4.39 Å². The Morgan fingerprint density at radius 3 is 2.96 bits per heavy atom. The van der Waals surface area contributed by atoms with Crippen LogP contribution in [0.2, 0.25) is 5.02 Å². The second kappa shape index (κ2) is 6.61. The van der Waals surface area contributed by atoms with Crippen molar-refractivity contribution in [2.24, 2.45) is 0 Å². The van der Waals surface area contributed by atoms with Crippen LogP contribution in [-0.4, -0.2) is 45.2 Å². The van der Waals surface area contributed by atoms with E-state index in [1.54, 1.807) is 22.8 Å². The first-order chi connectivity index (χ1) is 12.1. The summed E-state index contributed by atoms with van der Waals surface area (Å²) in [5, 5.41) is 4.63. The summed E-state index contributed by atoms with van der Waals surface area (Å²) >= 11 is 5.90. The molecule has 0 bridgehead atoms. The molecule has 3 heterocycles. The standard InChI is InChI=1S/C18H18ClFN4O/c1-2-23-8-7-13(11-23)25-18-6-5-17-21-10-16(24(17)22-18)12-3-4-15(20)14(19)9-12/h3-6,9-10,13H,2,7-8,11H2,1H3. The van der Waals surface area contributed by atoms with Crippen LogP contribution in [-0.2, 0) is 0 Å². The molecule has 7 heteroatoms. The molecule has 1 aromatic carbocycles. The summed E-state index contributed by atoms with van der Waals surface area (Å²) in [6, 6.07) is 8.28. The zero-order chi connectivity index (χ0) is 17.4. The maximum atomic E-state index is 13.4. The van der Waals surface area contributed by atoms with Gasteiger partial charge in [-0.25, -0.2) is 13.9 Å². The number of likely N-dealkylation sites (tertiary alicyclic amines) is 1. The second-order valence-electron chi connectivity index (χ2n) is 6.14. The lowest BCUT2D eigenvalue weighted by Gasteiger charge is -2.14. The Morgan fingerprint density at radius 2 is 2.20 bits per heavy atom. The molecular weight excluding hydrogens is 343 g/mol. The third-order valence-electron chi connectivity index (χ3n) is 4.52. The third kappa shape index (κ3) is 3.19. The molecular formula is C18H18ClFN4O. The van der Waals surface area contributed by atoms with E-state index in [0.29, 0.717) is 11.5 Å². The molecule has 0 spiro atoms. The number of hydrogen-bond donors (Lipinski definition) is 0. The molecule has 1 atom stereocenters. The zero-order valence-corrected chi connectivity index (χ0v) is 14.6. The number of ether oxygens (including phenoxy) is 1. The molecule has 0 radical (unpaired) electrons. The normalized spacial score (nSPS) is 18.1. The zero-order valence-electron chi connectivity index (χ0n) is 13.8. The highest BCUT2D eigenvalue weighted by Crippen LogP contribution is 2.26. The van der Waals surface area contributed by atoms with E-state index in [4.69, 9.17) is 16.3 Å². The average Bonchev–Trinajstić information content (AvgIpc) is 3.24. The van der Waals surface area contributed by atoms with Crippen molar-refractivity contribution < 1.29 is 9.13 Å². The van der Waals surface area contributed by atoms with Gasteiger partial charge >= 0.3 is 0 Å². The van der Waals surface area contributed by atoms with Crippen LogP contribution in [0.1, 0.15) is 13.3 Å². The molecule has 130 valence electrons. The summed E-state index contributed by atoms with van der Waals surface area (Å²) in [5.41, 5.74) is 2.19. The number of imidazole rings is 1. The molecule has 2 aromatic heterocycles. The van der Waals surface area contributed by atoms with Crippen molar-refractivity contribution in [3.63, 3.8) is 0 Å². The number of likely N-dealkylation sites (N-methyl/N-ethyl adjacent to an activating group) is 1. The largest absolute Gasteiger partial charge is 0.472 e. The third-order valence-corrected chi connectivity index (χ3v) is 4.81. The molecule has 0 N–H and O–H groups in total. The van der Waals surface area contributed by atoms with Crippen molar-refractivity contribution in [1.29, 1.82) is 0 Å². The summed E-state index contributed by atoms with van der Waals surface area (Å²) in [4.78, 5) is 6.70. The minimum Gasteiger partial charge on any atom is -0.472 e. The molecule has 1 fully saturated rings. The molecule has 25 heavy (non-hydrogen) atoms. The molecule has 1 aliphatic rings. The van der Waals surface area contributed by atoms with E-state index >= 15 is 0 Å². The fraction of sp³-hybridized carbons (Fsp3) is 0.333. The van der Waals surface area contributed by atoms with Crippen LogP contribution in [0.3, 0.4) is 0 Å². The van der Waals surface area contributed by atoms with E-state index in [1.807, 2.05) is 12.1 Å². The highest BCUT2D eigenvalue weighted by molar-refractivity contribution is 6.31. The maximum Gasteiger partial charge on any atom is 0.232 e. The number of aromatic nitrogens is 3. The Kier molecular flexibility index (Phi) is 4.31. The van der Waals surface area contributed by atoms with Crippen molar-refractivity contribution in [2.75, 3.05) is 19.6 Å². The van der Waals surface area contributed by atoms with Crippen LogP contribution in [0.15, 0.2) is 36.5 Å². The number of rotatable bonds is 4. The fourth-order valence-electron chi connectivity index (χ4n) is 3.12. The van der Waals surface area contributed by atoms with Crippen molar-refractivity contribution in [2.45, 2.75) is 19.4 Å². The van der Waals surface area contributed by atoms with E-state index in [1.165, 1.54) is 6.07 Å². The minimum absolute atomic E-state index is 0.0745. The lowest BCUT2D eigenvalue weighted by atomic mass is 10.2. The summed E-state index contributed by atoms with van der Waals surface area (Å²) in [5.74, 6) is 0.112. The van der Waals surface area contributed by atoms with Gasteiger partial charge in [0.1, 0.15) is 11.9 Å². The highest BCUT2D eigenvalue weighted by atomic mass is 35.5. The fourth-order valence-corrected chi connectivity index (χ4v) is 3.30. The molecule has 1 saturated heterocycles. The first-order valence-corrected chi connectivity index (χ1v) is 8.71. The van der Waals surface area contributed by atoms with Crippen molar-refractivity contribution in [3.05, 3.63) is 47.4 Å². The van der Waals surface area contributed by atoms with E-state index in [0.717, 1.165) is 37.3 Å². The number of hydrogen-bond acceptors (Lipinski definition) is 4. The number of halogens is 2. The molecule has 0 saturated carbocycles. The van der Waals surface area contributed by atoms with Gasteiger partial charge in [0.15, 0.2) is 5.65 Å². The number of nitrogens with zero attached hydrogens (tertiary/aromatic N) is 4. The molecule has 1 aliphatic heterocycles. The van der Waals surface area contributed by atoms with Gasteiger partial charge in [0.2, 0.25) is 5.88 Å². The van der Waals surface area contributed by atoms with Crippen molar-refractivity contribution >= 4 is 17.2 Å². The maximum absolute atomic E-state index is 13.4. The Balaban J connectivity index is 1.64. The van der Waals surface area contributed by atoms with Gasteiger partial charge in [0.25, 0.3) is 0 Å². The van der Waals surface area contributed by atoms with Crippen LogP contribution >= 0.6 is 11.6 Å².